The third kappa shape index (κ3) is 7.50. The Balaban J connectivity index is 3.08. The van der Waals surface area contributed by atoms with Crippen molar-refractivity contribution >= 4 is 5.91 Å². The molecule has 0 radical (unpaired) electrons. The van der Waals surface area contributed by atoms with Crippen LogP contribution in [0.1, 0.15) is 19.8 Å². The molecule has 0 rings (SSSR count). The highest BCUT2D eigenvalue weighted by Gasteiger charge is 1.98. The normalized spacial score (nSPS) is 9.83. The van der Waals surface area contributed by atoms with E-state index in [1.807, 2.05) is 6.92 Å². The van der Waals surface area contributed by atoms with E-state index in [2.05, 4.69) is 5.32 Å². The highest BCUT2D eigenvalue weighted by molar-refractivity contribution is 5.75. The van der Waals surface area contributed by atoms with Gasteiger partial charge in [-0.05, 0) is 6.42 Å². The summed E-state index contributed by atoms with van der Waals surface area (Å²) in [4.78, 5) is 10.9. The van der Waals surface area contributed by atoms with Crippen molar-refractivity contribution in [1.29, 1.82) is 0 Å². The molecule has 0 aliphatic rings. The molecule has 2 N–H and O–H groups in total. The Morgan fingerprint density at radius 3 is 2.83 bits per heavy atom. The molecule has 12 heavy (non-hydrogen) atoms. The third-order valence-corrected chi connectivity index (χ3v) is 1.26. The van der Waals surface area contributed by atoms with Crippen LogP contribution < -0.4 is 5.32 Å². The molecule has 0 spiro atoms. The number of carbonyl (C=O) groups is 1. The molecule has 0 aromatic rings. The van der Waals surface area contributed by atoms with Crippen LogP contribution in [0, 0.1) is 0 Å². The molecule has 0 atom stereocenters. The van der Waals surface area contributed by atoms with Crippen molar-refractivity contribution < 1.29 is 14.6 Å². The number of aliphatic hydroxyl groups is 1. The van der Waals surface area contributed by atoms with E-state index < -0.39 is 0 Å². The molecule has 0 aromatic heterocycles. The zero-order chi connectivity index (χ0) is 9.23. The second-order valence-corrected chi connectivity index (χ2v) is 2.44. The Labute approximate surface area is 72.9 Å². The Morgan fingerprint density at radius 2 is 2.25 bits per heavy atom. The summed E-state index contributed by atoms with van der Waals surface area (Å²) in [6.07, 6.45) is 1.35. The van der Waals surface area contributed by atoms with Gasteiger partial charge in [0.05, 0.1) is 13.2 Å². The molecule has 0 saturated carbocycles. The summed E-state index contributed by atoms with van der Waals surface area (Å²) in [7, 11) is 0. The lowest BCUT2D eigenvalue weighted by atomic mass is 10.4. The second-order valence-electron chi connectivity index (χ2n) is 2.44. The van der Waals surface area contributed by atoms with E-state index in [0.717, 1.165) is 6.42 Å². The first-order valence-corrected chi connectivity index (χ1v) is 4.26. The zero-order valence-corrected chi connectivity index (χ0v) is 7.51. The first-order valence-electron chi connectivity index (χ1n) is 4.26. The molecule has 4 nitrogen and oxygen atoms in total. The number of aliphatic hydroxyl groups excluding tert-OH is 1. The number of hydrogen-bond acceptors (Lipinski definition) is 3. The molecule has 0 unspecified atom stereocenters. The number of ether oxygens (including phenoxy) is 1. The summed E-state index contributed by atoms with van der Waals surface area (Å²) in [6.45, 7) is 3.50. The molecule has 0 saturated heterocycles. The third-order valence-electron chi connectivity index (χ3n) is 1.26. The van der Waals surface area contributed by atoms with Crippen LogP contribution in [0.2, 0.25) is 0 Å². The summed E-state index contributed by atoms with van der Waals surface area (Å²) < 4.78 is 5.11. The minimum atomic E-state index is -0.0693. The van der Waals surface area contributed by atoms with Crippen LogP contribution in [-0.2, 0) is 9.53 Å². The van der Waals surface area contributed by atoms with Crippen LogP contribution in [0.5, 0.6) is 0 Å². The lowest BCUT2D eigenvalue weighted by molar-refractivity contribution is -0.122. The van der Waals surface area contributed by atoms with Crippen molar-refractivity contribution in [1.82, 2.24) is 5.32 Å². The standard InChI is InChI=1S/C8H17NO3/c1-2-6-12-7-3-8(11)9-4-5-10/h10H,2-7H2,1H3,(H,9,11). The van der Waals surface area contributed by atoms with Gasteiger partial charge in [-0.2, -0.15) is 0 Å². The maximum Gasteiger partial charge on any atom is 0.222 e. The Morgan fingerprint density at radius 1 is 1.50 bits per heavy atom. The van der Waals surface area contributed by atoms with E-state index in [-0.39, 0.29) is 12.5 Å². The van der Waals surface area contributed by atoms with Crippen molar-refractivity contribution in [2.45, 2.75) is 19.8 Å². The van der Waals surface area contributed by atoms with E-state index >= 15 is 0 Å². The molecule has 0 fully saturated rings. The Hall–Kier alpha value is -0.610. The Bertz CT molecular complexity index is 117. The molecule has 0 heterocycles. The monoisotopic (exact) mass is 175 g/mol. The van der Waals surface area contributed by atoms with Gasteiger partial charge < -0.3 is 15.2 Å². The molecule has 0 aliphatic carbocycles. The minimum absolute atomic E-state index is 0.0123. The molecule has 4 heteroatoms. The van der Waals surface area contributed by atoms with E-state index in [0.29, 0.717) is 26.2 Å². The molecule has 72 valence electrons. The fourth-order valence-corrected chi connectivity index (χ4v) is 0.695. The molecule has 0 bridgehead atoms. The van der Waals surface area contributed by atoms with Gasteiger partial charge in [-0.15, -0.1) is 0 Å². The fourth-order valence-electron chi connectivity index (χ4n) is 0.695. The number of carbonyl (C=O) groups excluding carboxylic acids is 1. The smallest absolute Gasteiger partial charge is 0.222 e. The van der Waals surface area contributed by atoms with Crippen LogP contribution >= 0.6 is 0 Å². The quantitative estimate of drug-likeness (QED) is 0.532. The van der Waals surface area contributed by atoms with Crippen molar-refractivity contribution in [3.8, 4) is 0 Å². The average Bonchev–Trinajstić information content (AvgIpc) is 2.09. The summed E-state index contributed by atoms with van der Waals surface area (Å²) in [6, 6.07) is 0. The maximum atomic E-state index is 10.9. The van der Waals surface area contributed by atoms with E-state index in [9.17, 15) is 4.79 Å². The first kappa shape index (κ1) is 11.4. The SMILES string of the molecule is CCCOCCC(=O)NCCO. The summed E-state index contributed by atoms with van der Waals surface area (Å²) in [5.41, 5.74) is 0. The van der Waals surface area contributed by atoms with Gasteiger partial charge in [0, 0.05) is 19.6 Å². The highest BCUT2D eigenvalue weighted by atomic mass is 16.5. The first-order chi connectivity index (χ1) is 5.81. The van der Waals surface area contributed by atoms with Gasteiger partial charge >= 0.3 is 0 Å². The van der Waals surface area contributed by atoms with E-state index in [1.54, 1.807) is 0 Å². The van der Waals surface area contributed by atoms with Gasteiger partial charge in [0.2, 0.25) is 5.91 Å². The van der Waals surface area contributed by atoms with Crippen molar-refractivity contribution in [3.63, 3.8) is 0 Å². The van der Waals surface area contributed by atoms with Crippen LogP contribution in [0.3, 0.4) is 0 Å². The minimum Gasteiger partial charge on any atom is -0.395 e. The summed E-state index contributed by atoms with van der Waals surface area (Å²) in [5.74, 6) is -0.0693. The molecule has 1 amide bonds. The molecule has 0 aliphatic heterocycles. The predicted octanol–water partition coefficient (Wildman–Crippen LogP) is -0.0884. The van der Waals surface area contributed by atoms with Gasteiger partial charge in [0.25, 0.3) is 0 Å². The van der Waals surface area contributed by atoms with Crippen molar-refractivity contribution in [2.75, 3.05) is 26.4 Å². The van der Waals surface area contributed by atoms with Crippen molar-refractivity contribution in [2.24, 2.45) is 0 Å². The van der Waals surface area contributed by atoms with Crippen LogP contribution in [0.4, 0.5) is 0 Å². The molecular formula is C8H17NO3. The van der Waals surface area contributed by atoms with Gasteiger partial charge in [0.1, 0.15) is 0 Å². The number of rotatable bonds is 7. The van der Waals surface area contributed by atoms with Crippen LogP contribution in [-0.4, -0.2) is 37.4 Å². The average molecular weight is 175 g/mol. The van der Waals surface area contributed by atoms with Crippen molar-refractivity contribution in [3.05, 3.63) is 0 Å². The highest BCUT2D eigenvalue weighted by Crippen LogP contribution is 1.84. The van der Waals surface area contributed by atoms with Gasteiger partial charge in [-0.3, -0.25) is 4.79 Å². The molecular weight excluding hydrogens is 158 g/mol. The predicted molar refractivity (Wildman–Crippen MR) is 45.8 cm³/mol. The zero-order valence-electron chi connectivity index (χ0n) is 7.51. The topological polar surface area (TPSA) is 58.6 Å². The van der Waals surface area contributed by atoms with E-state index in [4.69, 9.17) is 9.84 Å². The largest absolute Gasteiger partial charge is 0.395 e. The maximum absolute atomic E-state index is 10.9. The summed E-state index contributed by atoms with van der Waals surface area (Å²) >= 11 is 0. The number of hydrogen-bond donors (Lipinski definition) is 2. The fraction of sp³-hybridized carbons (Fsp3) is 0.875. The Kier molecular flexibility index (Phi) is 8.05. The van der Waals surface area contributed by atoms with Gasteiger partial charge in [-0.25, -0.2) is 0 Å². The summed E-state index contributed by atoms with van der Waals surface area (Å²) in [5, 5.41) is 10.9. The lowest BCUT2D eigenvalue weighted by Gasteiger charge is -2.03. The van der Waals surface area contributed by atoms with Gasteiger partial charge in [-0.1, -0.05) is 6.92 Å². The van der Waals surface area contributed by atoms with Crippen LogP contribution in [0.15, 0.2) is 0 Å². The van der Waals surface area contributed by atoms with Crippen LogP contribution in [0.25, 0.3) is 0 Å². The molecule has 0 aromatic carbocycles. The second kappa shape index (κ2) is 8.49. The number of nitrogens with one attached hydrogen (secondary N) is 1. The van der Waals surface area contributed by atoms with E-state index in [1.165, 1.54) is 0 Å². The number of amides is 1. The van der Waals surface area contributed by atoms with Gasteiger partial charge in [0.15, 0.2) is 0 Å². The lowest BCUT2D eigenvalue weighted by Crippen LogP contribution is -2.27.